The monoisotopic (exact) mass is 424 g/mol. The van der Waals surface area contributed by atoms with E-state index in [0.29, 0.717) is 18.2 Å². The molecule has 1 N–H and O–H groups in total. The number of anilines is 2. The van der Waals surface area contributed by atoms with E-state index in [1.165, 1.54) is 23.8 Å². The van der Waals surface area contributed by atoms with E-state index in [-0.39, 0.29) is 16.8 Å². The summed E-state index contributed by atoms with van der Waals surface area (Å²) in [7, 11) is 0. The van der Waals surface area contributed by atoms with Crippen LogP contribution in [0, 0.1) is 18.7 Å². The van der Waals surface area contributed by atoms with Gasteiger partial charge >= 0.3 is 0 Å². The molecule has 0 saturated carbocycles. The number of aryl methyl sites for hydroxylation is 1. The molecule has 1 aliphatic heterocycles. The fraction of sp³-hybridized carbons (Fsp3) is 0.261. The van der Waals surface area contributed by atoms with Crippen molar-refractivity contribution in [2.24, 2.45) is 5.92 Å². The molecule has 30 heavy (non-hydrogen) atoms. The molecule has 0 aliphatic carbocycles. The molecule has 7 heteroatoms. The number of nitrogens with zero attached hydrogens (tertiary/aromatic N) is 3. The molecule has 1 aromatic heterocycles. The molecule has 1 fully saturated rings. The summed E-state index contributed by atoms with van der Waals surface area (Å²) in [5.41, 5.74) is 3.72. The van der Waals surface area contributed by atoms with Crippen LogP contribution in [0.3, 0.4) is 0 Å². The van der Waals surface area contributed by atoms with Gasteiger partial charge in [-0.1, -0.05) is 41.4 Å². The van der Waals surface area contributed by atoms with Crippen LogP contribution in [0.1, 0.15) is 18.4 Å². The van der Waals surface area contributed by atoms with Crippen LogP contribution in [0.15, 0.2) is 54.9 Å². The number of piperidine rings is 1. The Morgan fingerprint density at radius 3 is 2.57 bits per heavy atom. The van der Waals surface area contributed by atoms with Gasteiger partial charge in [0.15, 0.2) is 0 Å². The summed E-state index contributed by atoms with van der Waals surface area (Å²) < 4.78 is 13.3. The van der Waals surface area contributed by atoms with E-state index in [4.69, 9.17) is 11.6 Å². The molecule has 3 aromatic rings. The first kappa shape index (κ1) is 20.3. The zero-order valence-corrected chi connectivity index (χ0v) is 17.4. The highest BCUT2D eigenvalue weighted by atomic mass is 35.5. The molecule has 0 bridgehead atoms. The lowest BCUT2D eigenvalue weighted by Gasteiger charge is -2.32. The second-order valence-corrected chi connectivity index (χ2v) is 7.95. The second kappa shape index (κ2) is 8.79. The topological polar surface area (TPSA) is 58.1 Å². The van der Waals surface area contributed by atoms with Crippen LogP contribution in [0.4, 0.5) is 16.0 Å². The average Bonchev–Trinajstić information content (AvgIpc) is 2.77. The van der Waals surface area contributed by atoms with E-state index in [1.54, 1.807) is 0 Å². The van der Waals surface area contributed by atoms with Crippen LogP contribution in [0.5, 0.6) is 0 Å². The van der Waals surface area contributed by atoms with Gasteiger partial charge in [0.1, 0.15) is 5.82 Å². The zero-order chi connectivity index (χ0) is 21.1. The lowest BCUT2D eigenvalue weighted by atomic mass is 9.97. The fourth-order valence-electron chi connectivity index (χ4n) is 3.57. The Morgan fingerprint density at radius 2 is 1.87 bits per heavy atom. The van der Waals surface area contributed by atoms with Gasteiger partial charge < -0.3 is 10.2 Å². The van der Waals surface area contributed by atoms with Gasteiger partial charge in [-0.05, 0) is 43.5 Å². The Labute approximate surface area is 179 Å². The highest BCUT2D eigenvalue weighted by Crippen LogP contribution is 2.25. The van der Waals surface area contributed by atoms with E-state index >= 15 is 0 Å². The minimum atomic E-state index is -0.509. The Morgan fingerprint density at radius 1 is 1.13 bits per heavy atom. The van der Waals surface area contributed by atoms with Gasteiger partial charge in [0, 0.05) is 36.7 Å². The van der Waals surface area contributed by atoms with Crippen molar-refractivity contribution in [3.63, 3.8) is 0 Å². The summed E-state index contributed by atoms with van der Waals surface area (Å²) in [6.07, 6.45) is 5.28. The van der Waals surface area contributed by atoms with Gasteiger partial charge in [-0.25, -0.2) is 14.4 Å². The number of carbonyl (C=O) groups excluding carboxylic acids is 1. The average molecular weight is 425 g/mol. The van der Waals surface area contributed by atoms with Crippen molar-refractivity contribution in [3.05, 3.63) is 71.3 Å². The van der Waals surface area contributed by atoms with Crippen LogP contribution in [0.25, 0.3) is 11.1 Å². The summed E-state index contributed by atoms with van der Waals surface area (Å²) in [5, 5.41) is 2.82. The Kier molecular flexibility index (Phi) is 5.95. The standard InChI is InChI=1S/C23H22ClFN4O/c1-15-4-6-16(7-5-15)18-12-26-23(27-13-18)29-10-2-3-17(14-29)22(30)28-19-8-9-21(25)20(24)11-19/h4-9,11-13,17H,2-3,10,14H2,1H3,(H,28,30)/t17-/m1/s1. The van der Waals surface area contributed by atoms with E-state index in [1.807, 2.05) is 17.3 Å². The first-order valence-electron chi connectivity index (χ1n) is 9.89. The van der Waals surface area contributed by atoms with Gasteiger partial charge in [-0.15, -0.1) is 0 Å². The molecule has 2 heterocycles. The zero-order valence-electron chi connectivity index (χ0n) is 16.6. The number of benzene rings is 2. The molecule has 0 radical (unpaired) electrons. The van der Waals surface area contributed by atoms with Crippen molar-refractivity contribution in [1.82, 2.24) is 9.97 Å². The van der Waals surface area contributed by atoms with Gasteiger partial charge in [-0.2, -0.15) is 0 Å². The van der Waals surface area contributed by atoms with Crippen molar-refractivity contribution in [3.8, 4) is 11.1 Å². The third-order valence-electron chi connectivity index (χ3n) is 5.29. The summed E-state index contributed by atoms with van der Waals surface area (Å²) in [5.74, 6) is -0.209. The predicted molar refractivity (Wildman–Crippen MR) is 117 cm³/mol. The molecule has 154 valence electrons. The first-order chi connectivity index (χ1) is 14.5. The molecular formula is C23H22ClFN4O. The molecule has 1 amide bonds. The number of nitrogens with one attached hydrogen (secondary N) is 1. The molecule has 2 aromatic carbocycles. The van der Waals surface area contributed by atoms with Crippen molar-refractivity contribution in [2.45, 2.75) is 19.8 Å². The Balaban J connectivity index is 1.42. The third-order valence-corrected chi connectivity index (χ3v) is 5.57. The minimum absolute atomic E-state index is 0.0138. The van der Waals surface area contributed by atoms with Crippen LogP contribution in [-0.4, -0.2) is 29.0 Å². The molecular weight excluding hydrogens is 403 g/mol. The number of rotatable bonds is 4. The maximum atomic E-state index is 13.3. The van der Waals surface area contributed by atoms with E-state index in [9.17, 15) is 9.18 Å². The number of aromatic nitrogens is 2. The maximum absolute atomic E-state index is 13.3. The second-order valence-electron chi connectivity index (χ2n) is 7.54. The number of hydrogen-bond donors (Lipinski definition) is 1. The van der Waals surface area contributed by atoms with E-state index in [0.717, 1.165) is 30.5 Å². The molecule has 4 rings (SSSR count). The molecule has 1 saturated heterocycles. The predicted octanol–water partition coefficient (Wildman–Crippen LogP) is 5.10. The fourth-order valence-corrected chi connectivity index (χ4v) is 3.75. The highest BCUT2D eigenvalue weighted by Gasteiger charge is 2.27. The molecule has 0 unspecified atom stereocenters. The SMILES string of the molecule is Cc1ccc(-c2cnc(N3CCC[C@@H](C(=O)Nc4ccc(F)c(Cl)c4)C3)nc2)cc1. The smallest absolute Gasteiger partial charge is 0.229 e. The minimum Gasteiger partial charge on any atom is -0.340 e. The van der Waals surface area contributed by atoms with Crippen molar-refractivity contribution < 1.29 is 9.18 Å². The maximum Gasteiger partial charge on any atom is 0.229 e. The van der Waals surface area contributed by atoms with Gasteiger partial charge in [0.2, 0.25) is 11.9 Å². The highest BCUT2D eigenvalue weighted by molar-refractivity contribution is 6.31. The van der Waals surface area contributed by atoms with E-state index < -0.39 is 5.82 Å². The van der Waals surface area contributed by atoms with Crippen LogP contribution >= 0.6 is 11.6 Å². The van der Waals surface area contributed by atoms with E-state index in [2.05, 4.69) is 46.5 Å². The van der Waals surface area contributed by atoms with Crippen LogP contribution < -0.4 is 10.2 Å². The lowest BCUT2D eigenvalue weighted by Crippen LogP contribution is -2.41. The summed E-state index contributed by atoms with van der Waals surface area (Å²) in [6.45, 7) is 3.39. The molecule has 0 spiro atoms. The Bertz CT molecular complexity index is 1040. The third kappa shape index (κ3) is 4.60. The molecule has 1 aliphatic rings. The summed E-state index contributed by atoms with van der Waals surface area (Å²) >= 11 is 5.80. The first-order valence-corrected chi connectivity index (χ1v) is 10.3. The van der Waals surface area contributed by atoms with Crippen LogP contribution in [-0.2, 0) is 4.79 Å². The number of carbonyl (C=O) groups is 1. The van der Waals surface area contributed by atoms with Crippen molar-refractivity contribution >= 4 is 29.1 Å². The summed E-state index contributed by atoms with van der Waals surface area (Å²) in [4.78, 5) is 23.8. The normalized spacial score (nSPS) is 16.4. The number of halogens is 2. The largest absolute Gasteiger partial charge is 0.340 e. The van der Waals surface area contributed by atoms with Crippen LogP contribution in [0.2, 0.25) is 5.02 Å². The van der Waals surface area contributed by atoms with Gasteiger partial charge in [0.25, 0.3) is 0 Å². The molecule has 1 atom stereocenters. The Hall–Kier alpha value is -2.99. The van der Waals surface area contributed by atoms with Crippen molar-refractivity contribution in [1.29, 1.82) is 0 Å². The summed E-state index contributed by atoms with van der Waals surface area (Å²) in [6, 6.07) is 12.4. The van der Waals surface area contributed by atoms with Gasteiger partial charge in [-0.3, -0.25) is 4.79 Å². The lowest BCUT2D eigenvalue weighted by molar-refractivity contribution is -0.120. The van der Waals surface area contributed by atoms with Gasteiger partial charge in [0.05, 0.1) is 10.9 Å². The number of amides is 1. The van der Waals surface area contributed by atoms with Crippen molar-refractivity contribution in [2.75, 3.05) is 23.3 Å². The molecule has 5 nitrogen and oxygen atoms in total. The number of hydrogen-bond acceptors (Lipinski definition) is 4. The quantitative estimate of drug-likeness (QED) is 0.633.